The van der Waals surface area contributed by atoms with Gasteiger partial charge < -0.3 is 9.84 Å². The van der Waals surface area contributed by atoms with E-state index in [1.165, 1.54) is 12.1 Å². The minimum atomic E-state index is -0.984. The lowest BCUT2D eigenvalue weighted by molar-refractivity contribution is 0.160. The number of rotatable bonds is 10. The highest BCUT2D eigenvalue weighted by atomic mass is 19.2. The molecule has 1 atom stereocenters. The first-order chi connectivity index (χ1) is 16.4. The Bertz CT molecular complexity index is 981. The molecule has 34 heavy (non-hydrogen) atoms. The molecule has 6 heteroatoms. The van der Waals surface area contributed by atoms with E-state index in [2.05, 4.69) is 6.08 Å². The van der Waals surface area contributed by atoms with Crippen molar-refractivity contribution in [2.45, 2.75) is 77.2 Å². The van der Waals surface area contributed by atoms with Crippen molar-refractivity contribution in [2.24, 2.45) is 5.92 Å². The highest BCUT2D eigenvalue weighted by Gasteiger charge is 2.26. The van der Waals surface area contributed by atoms with E-state index in [9.17, 15) is 22.7 Å². The summed E-state index contributed by atoms with van der Waals surface area (Å²) in [6.07, 6.45) is 8.38. The lowest BCUT2D eigenvalue weighted by atomic mass is 9.78. The highest BCUT2D eigenvalue weighted by molar-refractivity contribution is 5.32. The Morgan fingerprint density at radius 2 is 1.68 bits per heavy atom. The second-order valence-corrected chi connectivity index (χ2v) is 9.04. The Balaban J connectivity index is 1.52. The summed E-state index contributed by atoms with van der Waals surface area (Å²) < 4.78 is 62.5. The fourth-order valence-corrected chi connectivity index (χ4v) is 4.76. The van der Waals surface area contributed by atoms with Gasteiger partial charge >= 0.3 is 0 Å². The zero-order valence-electron chi connectivity index (χ0n) is 19.9. The van der Waals surface area contributed by atoms with Crippen LogP contribution in [0.3, 0.4) is 0 Å². The van der Waals surface area contributed by atoms with Crippen molar-refractivity contribution < 1.29 is 27.4 Å². The predicted octanol–water partition coefficient (Wildman–Crippen LogP) is 7.94. The van der Waals surface area contributed by atoms with E-state index in [0.29, 0.717) is 42.7 Å². The van der Waals surface area contributed by atoms with Crippen LogP contribution in [0.2, 0.25) is 0 Å². The smallest absolute Gasteiger partial charge is 0.200 e. The van der Waals surface area contributed by atoms with Gasteiger partial charge in [-0.15, -0.1) is 0 Å². The number of benzene rings is 2. The van der Waals surface area contributed by atoms with Gasteiger partial charge in [0, 0.05) is 5.56 Å². The van der Waals surface area contributed by atoms with Crippen molar-refractivity contribution in [3.05, 3.63) is 76.4 Å². The summed E-state index contributed by atoms with van der Waals surface area (Å²) in [5, 5.41) is 10.0. The molecule has 2 nitrogen and oxygen atoms in total. The van der Waals surface area contributed by atoms with E-state index in [-0.39, 0.29) is 23.8 Å². The SMILES string of the molecule is CCCC(O)c1ccc(C2CCC(/C=C/CCc3ccc(OCC)c(F)c3F)CC2)c(F)c1F. The van der Waals surface area contributed by atoms with E-state index < -0.39 is 29.4 Å². The molecule has 186 valence electrons. The number of hydrogen-bond donors (Lipinski definition) is 1. The summed E-state index contributed by atoms with van der Waals surface area (Å²) in [5.74, 6) is -3.36. The lowest BCUT2D eigenvalue weighted by Gasteiger charge is -2.28. The van der Waals surface area contributed by atoms with E-state index in [4.69, 9.17) is 4.74 Å². The molecule has 1 aliphatic rings. The van der Waals surface area contributed by atoms with E-state index in [1.807, 2.05) is 13.0 Å². The third kappa shape index (κ3) is 6.21. The van der Waals surface area contributed by atoms with Crippen molar-refractivity contribution in [1.29, 1.82) is 0 Å². The van der Waals surface area contributed by atoms with Gasteiger partial charge in [-0.1, -0.05) is 43.7 Å². The fourth-order valence-electron chi connectivity index (χ4n) is 4.76. The average Bonchev–Trinajstić information content (AvgIpc) is 2.83. The Morgan fingerprint density at radius 3 is 2.35 bits per heavy atom. The molecule has 0 aromatic heterocycles. The Morgan fingerprint density at radius 1 is 0.941 bits per heavy atom. The van der Waals surface area contributed by atoms with Gasteiger partial charge in [-0.25, -0.2) is 13.2 Å². The first-order valence-electron chi connectivity index (χ1n) is 12.3. The highest BCUT2D eigenvalue weighted by Crippen LogP contribution is 2.39. The molecule has 0 amide bonds. The van der Waals surface area contributed by atoms with Gasteiger partial charge in [0.05, 0.1) is 12.7 Å². The molecule has 0 radical (unpaired) electrons. The molecule has 1 unspecified atom stereocenters. The second kappa shape index (κ2) is 12.4. The summed E-state index contributed by atoms with van der Waals surface area (Å²) >= 11 is 0. The quantitative estimate of drug-likeness (QED) is 0.277. The van der Waals surface area contributed by atoms with E-state index >= 15 is 0 Å². The van der Waals surface area contributed by atoms with Gasteiger partial charge in [-0.3, -0.25) is 0 Å². The van der Waals surface area contributed by atoms with Crippen molar-refractivity contribution >= 4 is 0 Å². The first-order valence-corrected chi connectivity index (χ1v) is 12.3. The molecule has 0 heterocycles. The first kappa shape index (κ1) is 26.3. The van der Waals surface area contributed by atoms with Crippen LogP contribution in [0.15, 0.2) is 36.4 Å². The largest absolute Gasteiger partial charge is 0.491 e. The normalized spacial score (nSPS) is 19.5. The summed E-state index contributed by atoms with van der Waals surface area (Å²) in [5.41, 5.74) is 0.739. The second-order valence-electron chi connectivity index (χ2n) is 9.04. The van der Waals surface area contributed by atoms with Crippen LogP contribution >= 0.6 is 0 Å². The number of allylic oxidation sites excluding steroid dienone is 2. The summed E-state index contributed by atoms with van der Waals surface area (Å²) in [6, 6.07) is 6.16. The third-order valence-electron chi connectivity index (χ3n) is 6.69. The van der Waals surface area contributed by atoms with Crippen molar-refractivity contribution in [2.75, 3.05) is 6.61 Å². The van der Waals surface area contributed by atoms with Crippen LogP contribution in [0.5, 0.6) is 5.75 Å². The van der Waals surface area contributed by atoms with Crippen LogP contribution in [-0.2, 0) is 6.42 Å². The van der Waals surface area contributed by atoms with Gasteiger partial charge in [0.25, 0.3) is 0 Å². The molecule has 0 saturated heterocycles. The average molecular weight is 479 g/mol. The van der Waals surface area contributed by atoms with Gasteiger partial charge in [0.15, 0.2) is 23.2 Å². The molecule has 3 rings (SSSR count). The number of aliphatic hydroxyl groups is 1. The molecular weight excluding hydrogens is 444 g/mol. The lowest BCUT2D eigenvalue weighted by Crippen LogP contribution is -2.14. The zero-order chi connectivity index (χ0) is 24.7. The standard InChI is InChI=1S/C28H34F4O2/c1-3-7-23(33)22-16-15-21(26(30)27(22)31)19-12-10-18(11-13-19)8-5-6-9-20-14-17-24(34-4-2)28(32)25(20)29/h5,8,14-19,23,33H,3-4,6-7,9-13H2,1-2H3/b8-5+. The molecule has 1 aliphatic carbocycles. The van der Waals surface area contributed by atoms with Gasteiger partial charge in [-0.05, 0) is 80.9 Å². The minimum absolute atomic E-state index is 0.0311. The van der Waals surface area contributed by atoms with E-state index in [0.717, 1.165) is 25.7 Å². The summed E-state index contributed by atoms with van der Waals surface area (Å²) in [4.78, 5) is 0. The molecule has 2 aromatic rings. The Kier molecular flexibility index (Phi) is 9.57. The van der Waals surface area contributed by atoms with Crippen LogP contribution in [0, 0.1) is 29.2 Å². The topological polar surface area (TPSA) is 29.5 Å². The van der Waals surface area contributed by atoms with Gasteiger partial charge in [0.1, 0.15) is 0 Å². The molecule has 0 bridgehead atoms. The molecule has 1 fully saturated rings. The van der Waals surface area contributed by atoms with Crippen LogP contribution < -0.4 is 4.74 Å². The number of aryl methyl sites for hydroxylation is 1. The van der Waals surface area contributed by atoms with Crippen molar-refractivity contribution in [1.82, 2.24) is 0 Å². The Labute approximate surface area is 199 Å². The van der Waals surface area contributed by atoms with Crippen molar-refractivity contribution in [3.8, 4) is 5.75 Å². The molecule has 1 N–H and O–H groups in total. The molecular formula is C28H34F4O2. The van der Waals surface area contributed by atoms with Crippen LogP contribution in [0.25, 0.3) is 0 Å². The van der Waals surface area contributed by atoms with Crippen LogP contribution in [0.4, 0.5) is 17.6 Å². The van der Waals surface area contributed by atoms with Crippen LogP contribution in [-0.4, -0.2) is 11.7 Å². The molecule has 0 aliphatic heterocycles. The van der Waals surface area contributed by atoms with E-state index in [1.54, 1.807) is 19.1 Å². The van der Waals surface area contributed by atoms with Gasteiger partial charge in [-0.2, -0.15) is 4.39 Å². The molecule has 0 spiro atoms. The number of ether oxygens (including phenoxy) is 1. The summed E-state index contributed by atoms with van der Waals surface area (Å²) in [6.45, 7) is 3.88. The van der Waals surface area contributed by atoms with Crippen LogP contribution in [0.1, 0.15) is 87.5 Å². The molecule has 2 aromatic carbocycles. The fraction of sp³-hybridized carbons (Fsp3) is 0.500. The number of halogens is 4. The zero-order valence-corrected chi connectivity index (χ0v) is 19.9. The predicted molar refractivity (Wildman–Crippen MR) is 126 cm³/mol. The molecule has 1 saturated carbocycles. The maximum Gasteiger partial charge on any atom is 0.200 e. The maximum absolute atomic E-state index is 14.7. The monoisotopic (exact) mass is 478 g/mol. The van der Waals surface area contributed by atoms with Gasteiger partial charge in [0.2, 0.25) is 5.82 Å². The number of aliphatic hydroxyl groups excluding tert-OH is 1. The summed E-state index contributed by atoms with van der Waals surface area (Å²) in [7, 11) is 0. The minimum Gasteiger partial charge on any atom is -0.491 e. The maximum atomic E-state index is 14.7. The van der Waals surface area contributed by atoms with Crippen molar-refractivity contribution in [3.63, 3.8) is 0 Å². The third-order valence-corrected chi connectivity index (χ3v) is 6.69. The Hall–Kier alpha value is -2.34. The number of hydrogen-bond acceptors (Lipinski definition) is 2.